The maximum Gasteiger partial charge on any atom is 0.226 e. The third kappa shape index (κ3) is 4.99. The molecule has 0 radical (unpaired) electrons. The van der Waals surface area contributed by atoms with E-state index in [1.54, 1.807) is 29.2 Å². The van der Waals surface area contributed by atoms with Gasteiger partial charge < -0.3 is 15.0 Å². The van der Waals surface area contributed by atoms with Crippen LogP contribution in [-0.4, -0.2) is 25.0 Å². The Morgan fingerprint density at radius 2 is 1.88 bits per heavy atom. The second-order valence-corrected chi connectivity index (χ2v) is 6.19. The Kier molecular flexibility index (Phi) is 7.04. The molecule has 0 saturated heterocycles. The summed E-state index contributed by atoms with van der Waals surface area (Å²) >= 11 is 6.15. The Morgan fingerprint density at radius 3 is 2.58 bits per heavy atom. The lowest BCUT2D eigenvalue weighted by molar-refractivity contribution is -0.117. The third-order valence-corrected chi connectivity index (χ3v) is 4.34. The number of halogens is 1. The normalized spacial score (nSPS) is 10.3. The summed E-state index contributed by atoms with van der Waals surface area (Å²) in [5, 5.41) is 3.43. The molecule has 138 valence electrons. The van der Waals surface area contributed by atoms with E-state index in [1.165, 1.54) is 6.92 Å². The molecule has 0 unspecified atom stereocenters. The average Bonchev–Trinajstić information content (AvgIpc) is 2.60. The summed E-state index contributed by atoms with van der Waals surface area (Å²) in [4.78, 5) is 26.0. The van der Waals surface area contributed by atoms with Gasteiger partial charge >= 0.3 is 0 Å². The Morgan fingerprint density at radius 1 is 1.15 bits per heavy atom. The van der Waals surface area contributed by atoms with Crippen LogP contribution in [0, 0.1) is 6.92 Å². The molecule has 2 aromatic carbocycles. The van der Waals surface area contributed by atoms with Crippen LogP contribution in [0.15, 0.2) is 42.5 Å². The summed E-state index contributed by atoms with van der Waals surface area (Å²) < 4.78 is 5.51. The van der Waals surface area contributed by atoms with E-state index in [0.29, 0.717) is 28.8 Å². The number of benzene rings is 2. The van der Waals surface area contributed by atoms with E-state index in [-0.39, 0.29) is 24.8 Å². The molecule has 0 aliphatic heterocycles. The number of nitrogens with zero attached hydrogens (tertiary/aromatic N) is 1. The summed E-state index contributed by atoms with van der Waals surface area (Å²) in [6.45, 7) is 5.99. The average molecular weight is 375 g/mol. The monoisotopic (exact) mass is 374 g/mol. The van der Waals surface area contributed by atoms with Crippen LogP contribution in [0.5, 0.6) is 5.75 Å². The molecule has 0 aliphatic carbocycles. The fourth-order valence-corrected chi connectivity index (χ4v) is 2.78. The van der Waals surface area contributed by atoms with Gasteiger partial charge in [-0.1, -0.05) is 29.8 Å². The topological polar surface area (TPSA) is 58.6 Å². The van der Waals surface area contributed by atoms with Crippen LogP contribution in [0.25, 0.3) is 0 Å². The van der Waals surface area contributed by atoms with Gasteiger partial charge in [0.05, 0.1) is 12.3 Å². The van der Waals surface area contributed by atoms with E-state index in [2.05, 4.69) is 5.32 Å². The van der Waals surface area contributed by atoms with Crippen molar-refractivity contribution >= 4 is 34.8 Å². The standard InChI is InChI=1S/C20H23ClN2O3/c1-4-26-19-11-6-5-9-17(19)22-20(25)12-13-23(15(3)24)18-10-7-8-16(21)14(18)2/h5-11H,4,12-13H2,1-3H3,(H,22,25). The molecule has 0 aliphatic rings. The lowest BCUT2D eigenvalue weighted by Crippen LogP contribution is -2.32. The van der Waals surface area contributed by atoms with Gasteiger partial charge in [-0.15, -0.1) is 0 Å². The van der Waals surface area contributed by atoms with Gasteiger partial charge in [0.2, 0.25) is 11.8 Å². The van der Waals surface area contributed by atoms with Crippen LogP contribution in [0.2, 0.25) is 5.02 Å². The molecule has 1 N–H and O–H groups in total. The highest BCUT2D eigenvalue weighted by Crippen LogP contribution is 2.27. The molecule has 0 saturated carbocycles. The Hall–Kier alpha value is -2.53. The van der Waals surface area contributed by atoms with Crippen molar-refractivity contribution in [1.29, 1.82) is 0 Å². The van der Waals surface area contributed by atoms with E-state index < -0.39 is 0 Å². The molecule has 2 aromatic rings. The van der Waals surface area contributed by atoms with E-state index in [9.17, 15) is 9.59 Å². The molecule has 26 heavy (non-hydrogen) atoms. The number of nitrogens with one attached hydrogen (secondary N) is 1. The van der Waals surface area contributed by atoms with Crippen LogP contribution < -0.4 is 15.0 Å². The third-order valence-electron chi connectivity index (χ3n) is 3.93. The first-order valence-corrected chi connectivity index (χ1v) is 8.86. The summed E-state index contributed by atoms with van der Waals surface area (Å²) in [6, 6.07) is 12.7. The molecule has 6 heteroatoms. The maximum absolute atomic E-state index is 12.3. The summed E-state index contributed by atoms with van der Waals surface area (Å²) in [5.41, 5.74) is 2.15. The predicted octanol–water partition coefficient (Wildman–Crippen LogP) is 4.43. The molecule has 5 nitrogen and oxygen atoms in total. The molecule has 0 bridgehead atoms. The van der Waals surface area contributed by atoms with Gasteiger partial charge in [0.25, 0.3) is 0 Å². The van der Waals surface area contributed by atoms with Crippen LogP contribution >= 0.6 is 11.6 Å². The van der Waals surface area contributed by atoms with E-state index in [0.717, 1.165) is 5.56 Å². The minimum Gasteiger partial charge on any atom is -0.492 e. The van der Waals surface area contributed by atoms with Gasteiger partial charge in [-0.3, -0.25) is 9.59 Å². The fraction of sp³-hybridized carbons (Fsp3) is 0.300. The quantitative estimate of drug-likeness (QED) is 0.779. The van der Waals surface area contributed by atoms with E-state index in [1.807, 2.05) is 32.0 Å². The smallest absolute Gasteiger partial charge is 0.226 e. The molecule has 2 rings (SSSR count). The molecule has 0 heterocycles. The zero-order valence-corrected chi connectivity index (χ0v) is 16.0. The van der Waals surface area contributed by atoms with Crippen LogP contribution in [-0.2, 0) is 9.59 Å². The molecule has 0 fully saturated rings. The van der Waals surface area contributed by atoms with Crippen LogP contribution in [0.4, 0.5) is 11.4 Å². The number of amides is 2. The number of carbonyl (C=O) groups is 2. The number of rotatable bonds is 7. The number of hydrogen-bond donors (Lipinski definition) is 1. The summed E-state index contributed by atoms with van der Waals surface area (Å²) in [6.07, 6.45) is 0.159. The van der Waals surface area contributed by atoms with Crippen LogP contribution in [0.1, 0.15) is 25.8 Å². The van der Waals surface area contributed by atoms with E-state index in [4.69, 9.17) is 16.3 Å². The molecule has 0 atom stereocenters. The van der Waals surface area contributed by atoms with Crippen molar-refractivity contribution < 1.29 is 14.3 Å². The number of anilines is 2. The molecule has 0 aromatic heterocycles. The van der Waals surface area contributed by atoms with Crippen molar-refractivity contribution in [3.8, 4) is 5.75 Å². The van der Waals surface area contributed by atoms with Gasteiger partial charge in [0.1, 0.15) is 5.75 Å². The minimum atomic E-state index is -0.192. The molecular formula is C20H23ClN2O3. The van der Waals surface area contributed by atoms with Crippen molar-refractivity contribution in [3.63, 3.8) is 0 Å². The van der Waals surface area contributed by atoms with Crippen molar-refractivity contribution in [2.45, 2.75) is 27.2 Å². The largest absolute Gasteiger partial charge is 0.492 e. The zero-order chi connectivity index (χ0) is 19.1. The highest BCUT2D eigenvalue weighted by atomic mass is 35.5. The van der Waals surface area contributed by atoms with Gasteiger partial charge in [-0.05, 0) is 43.7 Å². The lowest BCUT2D eigenvalue weighted by Gasteiger charge is -2.23. The highest BCUT2D eigenvalue weighted by Gasteiger charge is 2.17. The first kappa shape index (κ1) is 19.8. The fourth-order valence-electron chi connectivity index (χ4n) is 2.61. The van der Waals surface area contributed by atoms with Gasteiger partial charge in [-0.25, -0.2) is 0 Å². The van der Waals surface area contributed by atoms with Crippen molar-refractivity contribution in [2.75, 3.05) is 23.4 Å². The Balaban J connectivity index is 2.07. The molecular weight excluding hydrogens is 352 g/mol. The van der Waals surface area contributed by atoms with Gasteiger partial charge in [-0.2, -0.15) is 0 Å². The second-order valence-electron chi connectivity index (χ2n) is 5.78. The highest BCUT2D eigenvalue weighted by molar-refractivity contribution is 6.31. The predicted molar refractivity (Wildman–Crippen MR) is 105 cm³/mol. The summed E-state index contributed by atoms with van der Waals surface area (Å²) in [7, 11) is 0. The SMILES string of the molecule is CCOc1ccccc1NC(=O)CCN(C(C)=O)c1cccc(Cl)c1C. The number of hydrogen-bond acceptors (Lipinski definition) is 3. The van der Waals surface area contributed by atoms with E-state index >= 15 is 0 Å². The van der Waals surface area contributed by atoms with Crippen molar-refractivity contribution in [2.24, 2.45) is 0 Å². The van der Waals surface area contributed by atoms with Crippen molar-refractivity contribution in [1.82, 2.24) is 0 Å². The second kappa shape index (κ2) is 9.25. The lowest BCUT2D eigenvalue weighted by atomic mass is 10.1. The molecule has 0 spiro atoms. The number of ether oxygens (including phenoxy) is 1. The van der Waals surface area contributed by atoms with Crippen molar-refractivity contribution in [3.05, 3.63) is 53.1 Å². The number of carbonyl (C=O) groups excluding carboxylic acids is 2. The minimum absolute atomic E-state index is 0.141. The summed E-state index contributed by atoms with van der Waals surface area (Å²) in [5.74, 6) is 0.290. The van der Waals surface area contributed by atoms with Crippen LogP contribution in [0.3, 0.4) is 0 Å². The zero-order valence-electron chi connectivity index (χ0n) is 15.2. The van der Waals surface area contributed by atoms with Gasteiger partial charge in [0.15, 0.2) is 0 Å². The Bertz CT molecular complexity index is 792. The first-order chi connectivity index (χ1) is 12.4. The number of para-hydroxylation sites is 2. The molecule has 2 amide bonds. The first-order valence-electron chi connectivity index (χ1n) is 8.49. The Labute approximate surface area is 158 Å². The maximum atomic E-state index is 12.3. The van der Waals surface area contributed by atoms with Gasteiger partial charge in [0, 0.05) is 30.6 Å².